The molecule has 1 saturated heterocycles. The molecule has 1 aromatic carbocycles. The van der Waals surface area contributed by atoms with E-state index in [0.29, 0.717) is 24.4 Å². The third-order valence-corrected chi connectivity index (χ3v) is 5.68. The number of nitrogens with one attached hydrogen (secondary N) is 1. The molecule has 0 radical (unpaired) electrons. The van der Waals surface area contributed by atoms with Gasteiger partial charge in [-0.25, -0.2) is 0 Å². The van der Waals surface area contributed by atoms with Gasteiger partial charge in [-0.15, -0.1) is 11.8 Å². The second kappa shape index (κ2) is 9.26. The van der Waals surface area contributed by atoms with Gasteiger partial charge >= 0.3 is 5.97 Å². The summed E-state index contributed by atoms with van der Waals surface area (Å²) in [5, 5.41) is 2.46. The average molecular weight is 393 g/mol. The highest BCUT2D eigenvalue weighted by molar-refractivity contribution is 8.00. The summed E-state index contributed by atoms with van der Waals surface area (Å²) < 4.78 is 4.75. The fourth-order valence-electron chi connectivity index (χ4n) is 2.81. The Balaban J connectivity index is 1.80. The molecule has 2 amide bonds. The highest BCUT2D eigenvalue weighted by Crippen LogP contribution is 2.22. The lowest BCUT2D eigenvalue weighted by Gasteiger charge is -2.31. The number of carbonyl (C=O) groups is 3. The summed E-state index contributed by atoms with van der Waals surface area (Å²) in [6, 6.07) is 7.53. The first-order valence-corrected chi connectivity index (χ1v) is 10.1. The molecule has 1 N–H and O–H groups in total. The minimum atomic E-state index is -0.330. The zero-order chi connectivity index (χ0) is 20.0. The predicted octanol–water partition coefficient (Wildman–Crippen LogP) is 2.22. The molecule has 27 heavy (non-hydrogen) atoms. The number of thioether (sulfide) groups is 1. The van der Waals surface area contributed by atoms with Gasteiger partial charge < -0.3 is 15.0 Å². The first-order valence-electron chi connectivity index (χ1n) is 9.08. The number of nitrogens with zero attached hydrogens (tertiary/aromatic N) is 1. The van der Waals surface area contributed by atoms with Crippen molar-refractivity contribution in [3.05, 3.63) is 35.4 Å². The average Bonchev–Trinajstić information content (AvgIpc) is 2.66. The van der Waals surface area contributed by atoms with Gasteiger partial charge in [0.15, 0.2) is 0 Å². The van der Waals surface area contributed by atoms with Gasteiger partial charge in [0.05, 0.1) is 7.11 Å². The van der Waals surface area contributed by atoms with Crippen molar-refractivity contribution in [2.24, 2.45) is 0 Å². The Morgan fingerprint density at radius 3 is 2.48 bits per heavy atom. The molecule has 2 rings (SSSR count). The minimum absolute atomic E-state index is 0.0379. The topological polar surface area (TPSA) is 75.7 Å². The molecule has 0 aromatic heterocycles. The van der Waals surface area contributed by atoms with E-state index in [1.165, 1.54) is 18.9 Å². The van der Waals surface area contributed by atoms with Crippen molar-refractivity contribution in [1.29, 1.82) is 0 Å². The second-order valence-corrected chi connectivity index (χ2v) is 8.87. The van der Waals surface area contributed by atoms with E-state index in [9.17, 15) is 14.4 Å². The summed E-state index contributed by atoms with van der Waals surface area (Å²) in [5.74, 6) is 0.153. The molecule has 0 aliphatic carbocycles. The van der Waals surface area contributed by atoms with Crippen LogP contribution in [0, 0.1) is 0 Å². The van der Waals surface area contributed by atoms with Crippen LogP contribution < -0.4 is 5.32 Å². The van der Waals surface area contributed by atoms with Gasteiger partial charge in [-0.05, 0) is 23.1 Å². The molecular formula is C20H28N2O4S. The predicted molar refractivity (Wildman–Crippen MR) is 107 cm³/mol. The van der Waals surface area contributed by atoms with Crippen LogP contribution in [0.15, 0.2) is 24.3 Å². The molecule has 0 spiro atoms. The van der Waals surface area contributed by atoms with Crippen molar-refractivity contribution >= 4 is 29.5 Å². The molecule has 1 heterocycles. The number of esters is 1. The molecule has 1 aromatic rings. The third kappa shape index (κ3) is 5.99. The fourth-order valence-corrected chi connectivity index (χ4v) is 3.94. The first-order chi connectivity index (χ1) is 12.7. The van der Waals surface area contributed by atoms with Crippen molar-refractivity contribution in [2.75, 3.05) is 32.5 Å². The van der Waals surface area contributed by atoms with Crippen LogP contribution in [0.4, 0.5) is 0 Å². The maximum atomic E-state index is 12.3. The van der Waals surface area contributed by atoms with E-state index < -0.39 is 0 Å². The summed E-state index contributed by atoms with van der Waals surface area (Å²) >= 11 is 1.51. The Morgan fingerprint density at radius 2 is 1.89 bits per heavy atom. The maximum absolute atomic E-state index is 12.3. The molecule has 0 unspecified atom stereocenters. The van der Waals surface area contributed by atoms with Crippen molar-refractivity contribution in [1.82, 2.24) is 10.2 Å². The number of hydrogen-bond acceptors (Lipinski definition) is 5. The van der Waals surface area contributed by atoms with Crippen LogP contribution in [0.2, 0.25) is 0 Å². The lowest BCUT2D eigenvalue weighted by molar-refractivity contribution is -0.141. The van der Waals surface area contributed by atoms with Gasteiger partial charge in [-0.3, -0.25) is 14.4 Å². The molecule has 6 nitrogen and oxygen atoms in total. The number of rotatable bonds is 5. The number of hydrogen-bond donors (Lipinski definition) is 1. The van der Waals surface area contributed by atoms with Crippen LogP contribution in [-0.4, -0.2) is 60.4 Å². The monoisotopic (exact) mass is 392 g/mol. The van der Waals surface area contributed by atoms with Crippen LogP contribution in [0.5, 0.6) is 0 Å². The number of methoxy groups -OCH3 is 1. The zero-order valence-electron chi connectivity index (χ0n) is 16.4. The Kier molecular flexibility index (Phi) is 7.30. The van der Waals surface area contributed by atoms with Crippen LogP contribution in [0.3, 0.4) is 0 Å². The Morgan fingerprint density at radius 1 is 1.22 bits per heavy atom. The molecule has 1 fully saturated rings. The lowest BCUT2D eigenvalue weighted by Crippen LogP contribution is -2.45. The second-order valence-electron chi connectivity index (χ2n) is 7.56. The lowest BCUT2D eigenvalue weighted by atomic mass is 9.87. The summed E-state index contributed by atoms with van der Waals surface area (Å²) in [6.07, 6.45) is 0.213. The van der Waals surface area contributed by atoms with Crippen LogP contribution in [0.25, 0.3) is 0 Å². The number of amides is 2. The summed E-state index contributed by atoms with van der Waals surface area (Å²) in [5.41, 5.74) is 1.78. The smallest absolute Gasteiger partial charge is 0.320 e. The van der Waals surface area contributed by atoms with E-state index in [1.807, 2.05) is 12.1 Å². The van der Waals surface area contributed by atoms with Gasteiger partial charge in [0.25, 0.3) is 5.91 Å². The molecule has 1 atom stereocenters. The van der Waals surface area contributed by atoms with Gasteiger partial charge in [0, 0.05) is 37.4 Å². The number of benzene rings is 1. The molecule has 0 bridgehead atoms. The van der Waals surface area contributed by atoms with Gasteiger partial charge in [0.1, 0.15) is 5.25 Å². The van der Waals surface area contributed by atoms with Gasteiger partial charge in [-0.2, -0.15) is 0 Å². The number of ether oxygens (including phenoxy) is 1. The van der Waals surface area contributed by atoms with Crippen molar-refractivity contribution < 1.29 is 19.1 Å². The van der Waals surface area contributed by atoms with Gasteiger partial charge in [0.2, 0.25) is 5.91 Å². The van der Waals surface area contributed by atoms with Crippen LogP contribution in [0.1, 0.15) is 43.1 Å². The van der Waals surface area contributed by atoms with E-state index in [1.54, 1.807) is 17.0 Å². The summed E-state index contributed by atoms with van der Waals surface area (Å²) in [6.45, 7) is 7.61. The fraction of sp³-hybridized carbons (Fsp3) is 0.550. The molecular weight excluding hydrogens is 364 g/mol. The normalized spacial score (nSPS) is 17.3. The van der Waals surface area contributed by atoms with E-state index >= 15 is 0 Å². The maximum Gasteiger partial charge on any atom is 0.320 e. The molecule has 0 saturated carbocycles. The van der Waals surface area contributed by atoms with Crippen molar-refractivity contribution in [3.8, 4) is 0 Å². The summed E-state index contributed by atoms with van der Waals surface area (Å²) in [4.78, 5) is 37.9. The SMILES string of the molecule is COC(=O)[C@H]1CN(C(=O)CCNC(=O)c2ccc(C(C)(C)C)cc2)CCS1. The van der Waals surface area contributed by atoms with Crippen LogP contribution >= 0.6 is 11.8 Å². The van der Waals surface area contributed by atoms with Crippen LogP contribution in [-0.2, 0) is 19.7 Å². The molecule has 1 aliphatic heterocycles. The van der Waals surface area contributed by atoms with E-state index in [4.69, 9.17) is 4.74 Å². The third-order valence-electron chi connectivity index (χ3n) is 4.52. The van der Waals surface area contributed by atoms with Gasteiger partial charge in [-0.1, -0.05) is 32.9 Å². The van der Waals surface area contributed by atoms with E-state index in [2.05, 4.69) is 26.1 Å². The van der Waals surface area contributed by atoms with E-state index in [0.717, 1.165) is 5.56 Å². The minimum Gasteiger partial charge on any atom is -0.468 e. The molecule has 1 aliphatic rings. The largest absolute Gasteiger partial charge is 0.468 e. The van der Waals surface area contributed by atoms with Crippen molar-refractivity contribution in [2.45, 2.75) is 37.9 Å². The first kappa shape index (κ1) is 21.3. The molecule has 7 heteroatoms. The summed E-state index contributed by atoms with van der Waals surface area (Å²) in [7, 11) is 1.35. The Hall–Kier alpha value is -2.02. The van der Waals surface area contributed by atoms with Crippen molar-refractivity contribution in [3.63, 3.8) is 0 Å². The highest BCUT2D eigenvalue weighted by atomic mass is 32.2. The number of carbonyl (C=O) groups excluding carboxylic acids is 3. The van der Waals surface area contributed by atoms with E-state index in [-0.39, 0.29) is 41.4 Å². The molecule has 148 valence electrons. The standard InChI is InChI=1S/C20H28N2O4S/c1-20(2,3)15-7-5-14(6-8-15)18(24)21-10-9-17(23)22-11-12-27-16(13-22)19(25)26-4/h5-8,16H,9-13H2,1-4H3,(H,21,24)/t16-/m1/s1. The Labute approximate surface area is 165 Å². The highest BCUT2D eigenvalue weighted by Gasteiger charge is 2.29. The Bertz CT molecular complexity index is 682. The zero-order valence-corrected chi connectivity index (χ0v) is 17.2. The quantitative estimate of drug-likeness (QED) is 0.778.